The fourth-order valence-corrected chi connectivity index (χ4v) is 1.48. The van der Waals surface area contributed by atoms with Crippen molar-refractivity contribution >= 4 is 6.21 Å². The van der Waals surface area contributed by atoms with E-state index < -0.39 is 0 Å². The largest absolute Gasteiger partial charge is 0.505 e. The van der Waals surface area contributed by atoms with Crippen LogP contribution in [0.4, 0.5) is 0 Å². The normalized spacial score (nSPS) is 23.9. The van der Waals surface area contributed by atoms with E-state index in [-0.39, 0.29) is 32.7 Å². The fourth-order valence-electron chi connectivity index (χ4n) is 1.48. The molecule has 0 heterocycles. The van der Waals surface area contributed by atoms with Crippen LogP contribution in [0.5, 0.6) is 0 Å². The Labute approximate surface area is 101 Å². The monoisotopic (exact) mass is 240 g/mol. The van der Waals surface area contributed by atoms with E-state index in [4.69, 9.17) is 0 Å². The van der Waals surface area contributed by atoms with Crippen molar-refractivity contribution in [1.29, 1.82) is 0 Å². The fraction of sp³-hybridized carbons (Fsp3) is 0.800. The molecule has 0 aromatic heterocycles. The molecule has 2 heteroatoms. The molecule has 1 aliphatic carbocycles. The smallest absolute Gasteiger partial charge is 0 e. The SMILES string of the molecule is CC[C-]=NCC1[CH-]CCCC1.[Y]. The molecule has 0 aromatic carbocycles. The van der Waals surface area contributed by atoms with Gasteiger partial charge in [-0.15, -0.1) is 0 Å². The number of rotatable bonds is 3. The Bertz CT molecular complexity index is 117. The summed E-state index contributed by atoms with van der Waals surface area (Å²) in [5.41, 5.74) is 0. The molecule has 1 saturated carbocycles. The first-order valence-electron chi connectivity index (χ1n) is 4.66. The topological polar surface area (TPSA) is 12.4 Å². The summed E-state index contributed by atoms with van der Waals surface area (Å²) in [5.74, 6) is 0.753. The zero-order valence-corrected chi connectivity index (χ0v) is 10.8. The molecule has 12 heavy (non-hydrogen) atoms. The summed E-state index contributed by atoms with van der Waals surface area (Å²) in [4.78, 5) is 4.23. The molecular weight excluding hydrogens is 223 g/mol. The predicted octanol–water partition coefficient (Wildman–Crippen LogP) is 2.74. The molecule has 1 atom stereocenters. The van der Waals surface area contributed by atoms with Crippen LogP contribution in [0.3, 0.4) is 0 Å². The number of hydrogen-bond donors (Lipinski definition) is 0. The standard InChI is InChI=1S/C10H17N.Y/c1-2-8-11-9-10-6-4-3-5-7-10;/h6,10H,2-5,7,9H2,1H3;/q-2;. The Hall–Kier alpha value is 0.774. The minimum absolute atomic E-state index is 0. The second-order valence-electron chi connectivity index (χ2n) is 3.13. The van der Waals surface area contributed by atoms with Crippen LogP contribution in [-0.4, -0.2) is 12.8 Å². The van der Waals surface area contributed by atoms with Crippen molar-refractivity contribution in [1.82, 2.24) is 0 Å². The first-order chi connectivity index (χ1) is 5.43. The van der Waals surface area contributed by atoms with Gasteiger partial charge >= 0.3 is 0 Å². The first kappa shape index (κ1) is 12.8. The summed E-state index contributed by atoms with van der Waals surface area (Å²) in [6.07, 6.45) is 11.8. The molecule has 1 aliphatic rings. The Morgan fingerprint density at radius 1 is 1.50 bits per heavy atom. The van der Waals surface area contributed by atoms with Gasteiger partial charge in [-0.1, -0.05) is 26.2 Å². The van der Waals surface area contributed by atoms with Gasteiger partial charge in [0.1, 0.15) is 0 Å². The van der Waals surface area contributed by atoms with Crippen LogP contribution in [0.1, 0.15) is 39.0 Å². The maximum absolute atomic E-state index is 4.23. The predicted molar refractivity (Wildman–Crippen MR) is 48.9 cm³/mol. The van der Waals surface area contributed by atoms with Crippen molar-refractivity contribution in [2.75, 3.05) is 6.54 Å². The summed E-state index contributed by atoms with van der Waals surface area (Å²) in [7, 11) is 0. The Morgan fingerprint density at radius 2 is 2.33 bits per heavy atom. The van der Waals surface area contributed by atoms with Crippen molar-refractivity contribution in [2.24, 2.45) is 10.9 Å². The van der Waals surface area contributed by atoms with E-state index in [9.17, 15) is 0 Å². The van der Waals surface area contributed by atoms with E-state index in [1.165, 1.54) is 25.7 Å². The van der Waals surface area contributed by atoms with E-state index in [0.29, 0.717) is 0 Å². The second-order valence-corrected chi connectivity index (χ2v) is 3.13. The van der Waals surface area contributed by atoms with Gasteiger partial charge in [-0.25, -0.2) is 0 Å². The van der Waals surface area contributed by atoms with Crippen LogP contribution in [0.2, 0.25) is 0 Å². The van der Waals surface area contributed by atoms with Crippen LogP contribution in [-0.2, 0) is 32.7 Å². The molecule has 0 N–H and O–H groups in total. The van der Waals surface area contributed by atoms with Crippen LogP contribution in [0.25, 0.3) is 0 Å². The quantitative estimate of drug-likeness (QED) is 0.531. The van der Waals surface area contributed by atoms with Gasteiger partial charge in [0.2, 0.25) is 0 Å². The van der Waals surface area contributed by atoms with Crippen molar-refractivity contribution in [3.8, 4) is 0 Å². The third kappa shape index (κ3) is 5.42. The van der Waals surface area contributed by atoms with Gasteiger partial charge in [0, 0.05) is 32.7 Å². The van der Waals surface area contributed by atoms with Crippen molar-refractivity contribution in [3.05, 3.63) is 6.42 Å². The maximum atomic E-state index is 4.23. The van der Waals surface area contributed by atoms with Crippen LogP contribution in [0, 0.1) is 12.3 Å². The summed E-state index contributed by atoms with van der Waals surface area (Å²) >= 11 is 0. The Morgan fingerprint density at radius 3 is 2.92 bits per heavy atom. The molecule has 0 aliphatic heterocycles. The molecule has 0 amide bonds. The number of hydrogen-bond acceptors (Lipinski definition) is 1. The summed E-state index contributed by atoms with van der Waals surface area (Å²) < 4.78 is 0. The summed E-state index contributed by atoms with van der Waals surface area (Å²) in [5, 5.41) is 0. The van der Waals surface area contributed by atoms with Crippen LogP contribution < -0.4 is 0 Å². The molecule has 0 saturated heterocycles. The van der Waals surface area contributed by atoms with Gasteiger partial charge in [-0.2, -0.15) is 18.8 Å². The van der Waals surface area contributed by atoms with E-state index in [1.807, 2.05) is 0 Å². The van der Waals surface area contributed by atoms with E-state index >= 15 is 0 Å². The molecule has 1 radical (unpaired) electrons. The van der Waals surface area contributed by atoms with E-state index in [1.54, 1.807) is 0 Å². The molecule has 0 bridgehead atoms. The summed E-state index contributed by atoms with van der Waals surface area (Å²) in [6, 6.07) is 0. The van der Waals surface area contributed by atoms with Gasteiger partial charge in [0.05, 0.1) is 0 Å². The molecule has 67 valence electrons. The Kier molecular flexibility index (Phi) is 8.92. The molecule has 1 fully saturated rings. The average molecular weight is 240 g/mol. The van der Waals surface area contributed by atoms with E-state index in [0.717, 1.165) is 18.9 Å². The van der Waals surface area contributed by atoms with Gasteiger partial charge in [0.15, 0.2) is 0 Å². The molecule has 1 nitrogen and oxygen atoms in total. The first-order valence-corrected chi connectivity index (χ1v) is 4.66. The van der Waals surface area contributed by atoms with Crippen LogP contribution in [0.15, 0.2) is 4.99 Å². The van der Waals surface area contributed by atoms with Crippen molar-refractivity contribution in [2.45, 2.75) is 39.0 Å². The Balaban J connectivity index is 0.00000121. The van der Waals surface area contributed by atoms with Gasteiger partial charge in [0.25, 0.3) is 0 Å². The van der Waals surface area contributed by atoms with Crippen LogP contribution >= 0.6 is 0 Å². The molecule has 1 unspecified atom stereocenters. The van der Waals surface area contributed by atoms with Crippen molar-refractivity contribution in [3.63, 3.8) is 0 Å². The number of nitrogens with zero attached hydrogens (tertiary/aromatic N) is 1. The minimum atomic E-state index is 0. The molecule has 0 spiro atoms. The van der Waals surface area contributed by atoms with Crippen molar-refractivity contribution < 1.29 is 32.7 Å². The second kappa shape index (κ2) is 8.38. The third-order valence-corrected chi connectivity index (χ3v) is 2.12. The van der Waals surface area contributed by atoms with Gasteiger partial charge in [-0.3, -0.25) is 0 Å². The molecule has 0 aromatic rings. The zero-order chi connectivity index (χ0) is 7.94. The van der Waals surface area contributed by atoms with Gasteiger partial charge < -0.3 is 17.6 Å². The zero-order valence-electron chi connectivity index (χ0n) is 7.92. The third-order valence-electron chi connectivity index (χ3n) is 2.12. The van der Waals surface area contributed by atoms with E-state index in [2.05, 4.69) is 24.6 Å². The average Bonchev–Trinajstić information content (AvgIpc) is 2.07. The maximum Gasteiger partial charge on any atom is 0 e. The number of aliphatic imine (C=N–C) groups is 1. The minimum Gasteiger partial charge on any atom is -0.505 e. The summed E-state index contributed by atoms with van der Waals surface area (Å²) in [6.45, 7) is 3.06. The molecule has 1 rings (SSSR count). The van der Waals surface area contributed by atoms with Gasteiger partial charge in [-0.05, 0) is 6.54 Å². The molecular formula is C10H17NY-2.